The highest BCUT2D eigenvalue weighted by molar-refractivity contribution is 7.99. The fourth-order valence-corrected chi connectivity index (χ4v) is 3.70. The van der Waals surface area contributed by atoms with Gasteiger partial charge in [0, 0.05) is 16.0 Å². The second-order valence-corrected chi connectivity index (χ2v) is 6.75. The van der Waals surface area contributed by atoms with Crippen molar-refractivity contribution in [1.29, 1.82) is 0 Å². The van der Waals surface area contributed by atoms with E-state index in [0.717, 1.165) is 27.4 Å². The fourth-order valence-electron chi connectivity index (χ4n) is 1.45. The molecule has 0 unspecified atom stereocenters. The molecule has 2 rings (SSSR count). The Morgan fingerprint density at radius 2 is 2.18 bits per heavy atom. The monoisotopic (exact) mass is 286 g/mol. The van der Waals surface area contributed by atoms with E-state index in [-0.39, 0.29) is 0 Å². The van der Waals surface area contributed by atoms with Crippen molar-refractivity contribution in [2.24, 2.45) is 5.92 Å². The maximum Gasteiger partial charge on any atom is 0.224 e. The minimum Gasteiger partial charge on any atom is -0.211 e. The van der Waals surface area contributed by atoms with Crippen molar-refractivity contribution in [2.75, 3.05) is 5.75 Å². The first-order valence-electron chi connectivity index (χ1n) is 5.69. The van der Waals surface area contributed by atoms with E-state index in [0.29, 0.717) is 11.2 Å². The van der Waals surface area contributed by atoms with Gasteiger partial charge in [-0.3, -0.25) is 0 Å². The number of fused-ring (bicyclic) bond motifs is 1. The molecule has 0 saturated heterocycles. The van der Waals surface area contributed by atoms with Gasteiger partial charge in [-0.25, -0.2) is 9.97 Å². The molecule has 2 heterocycles. The van der Waals surface area contributed by atoms with Crippen LogP contribution >= 0.6 is 34.7 Å². The van der Waals surface area contributed by atoms with Gasteiger partial charge in [0.05, 0.1) is 0 Å². The Morgan fingerprint density at radius 3 is 2.82 bits per heavy atom. The molecule has 0 saturated carbocycles. The van der Waals surface area contributed by atoms with Gasteiger partial charge in [0.25, 0.3) is 0 Å². The molecular weight excluding hydrogens is 272 g/mol. The topological polar surface area (TPSA) is 25.8 Å². The number of rotatable bonds is 4. The number of halogens is 1. The lowest BCUT2D eigenvalue weighted by Gasteiger charge is -2.04. The van der Waals surface area contributed by atoms with E-state index in [1.165, 1.54) is 4.88 Å². The number of nitrogens with zero attached hydrogens (tertiary/aromatic N) is 2. The van der Waals surface area contributed by atoms with Gasteiger partial charge in [-0.1, -0.05) is 20.8 Å². The number of aromatic nitrogens is 2. The molecule has 2 nitrogen and oxygen atoms in total. The van der Waals surface area contributed by atoms with Crippen LogP contribution in [0.25, 0.3) is 10.2 Å². The molecule has 2 aromatic heterocycles. The van der Waals surface area contributed by atoms with Crippen LogP contribution in [0.4, 0.5) is 0 Å². The first-order chi connectivity index (χ1) is 8.10. The highest BCUT2D eigenvalue weighted by Gasteiger charge is 2.11. The van der Waals surface area contributed by atoms with E-state index in [1.54, 1.807) is 23.1 Å². The van der Waals surface area contributed by atoms with Gasteiger partial charge in [-0.15, -0.1) is 23.1 Å². The van der Waals surface area contributed by atoms with Crippen molar-refractivity contribution in [3.8, 4) is 0 Å². The minimum absolute atomic E-state index is 0.355. The third kappa shape index (κ3) is 3.12. The molecule has 0 spiro atoms. The lowest BCUT2D eigenvalue weighted by atomic mass is 10.3. The summed E-state index contributed by atoms with van der Waals surface area (Å²) in [6.07, 6.45) is 1.03. The smallest absolute Gasteiger partial charge is 0.211 e. The average Bonchev–Trinajstić information content (AvgIpc) is 2.68. The van der Waals surface area contributed by atoms with Crippen molar-refractivity contribution >= 4 is 44.9 Å². The highest BCUT2D eigenvalue weighted by Crippen LogP contribution is 2.33. The van der Waals surface area contributed by atoms with Crippen LogP contribution in [-0.2, 0) is 6.42 Å². The molecule has 0 aliphatic heterocycles. The van der Waals surface area contributed by atoms with E-state index in [9.17, 15) is 0 Å². The van der Waals surface area contributed by atoms with Crippen molar-refractivity contribution < 1.29 is 0 Å². The van der Waals surface area contributed by atoms with Crippen LogP contribution in [0.5, 0.6) is 0 Å². The van der Waals surface area contributed by atoms with E-state index in [4.69, 9.17) is 11.6 Å². The Balaban J connectivity index is 2.41. The van der Waals surface area contributed by atoms with Crippen LogP contribution in [-0.4, -0.2) is 15.7 Å². The summed E-state index contributed by atoms with van der Waals surface area (Å²) in [5, 5.41) is 2.53. The minimum atomic E-state index is 0.355. The van der Waals surface area contributed by atoms with Crippen LogP contribution < -0.4 is 0 Å². The molecule has 2 aromatic rings. The lowest BCUT2D eigenvalue weighted by Crippen LogP contribution is -1.93. The number of hydrogen-bond donors (Lipinski definition) is 0. The maximum atomic E-state index is 5.96. The highest BCUT2D eigenvalue weighted by atomic mass is 35.5. The van der Waals surface area contributed by atoms with Crippen LogP contribution in [0.3, 0.4) is 0 Å². The zero-order chi connectivity index (χ0) is 12.4. The Bertz CT molecular complexity index is 522. The average molecular weight is 287 g/mol. The van der Waals surface area contributed by atoms with Crippen LogP contribution in [0.15, 0.2) is 11.1 Å². The van der Waals surface area contributed by atoms with E-state index in [1.807, 2.05) is 0 Å². The molecule has 92 valence electrons. The van der Waals surface area contributed by atoms with Gasteiger partial charge in [0.2, 0.25) is 5.28 Å². The van der Waals surface area contributed by atoms with Crippen molar-refractivity contribution in [2.45, 2.75) is 32.2 Å². The maximum absolute atomic E-state index is 5.96. The molecule has 0 atom stereocenters. The summed E-state index contributed by atoms with van der Waals surface area (Å²) in [5.41, 5.74) is 0. The van der Waals surface area contributed by atoms with Gasteiger partial charge >= 0.3 is 0 Å². The summed E-state index contributed by atoms with van der Waals surface area (Å²) in [6.45, 7) is 6.57. The quantitative estimate of drug-likeness (QED) is 0.465. The molecule has 0 aliphatic rings. The Kier molecular flexibility index (Phi) is 4.28. The largest absolute Gasteiger partial charge is 0.224 e. The summed E-state index contributed by atoms with van der Waals surface area (Å²) in [6, 6.07) is 2.19. The van der Waals surface area contributed by atoms with Gasteiger partial charge in [0.1, 0.15) is 9.86 Å². The summed E-state index contributed by atoms with van der Waals surface area (Å²) in [5.74, 6) is 1.70. The molecule has 0 amide bonds. The van der Waals surface area contributed by atoms with Gasteiger partial charge < -0.3 is 0 Å². The van der Waals surface area contributed by atoms with Gasteiger partial charge in [0.15, 0.2) is 0 Å². The number of thiophene rings is 1. The predicted octanol–water partition coefficient (Wildman–Crippen LogP) is 4.66. The Morgan fingerprint density at radius 1 is 1.41 bits per heavy atom. The molecule has 0 fully saturated rings. The number of thioether (sulfide) groups is 1. The predicted molar refractivity (Wildman–Crippen MR) is 77.4 cm³/mol. The Labute approximate surface area is 115 Å². The summed E-state index contributed by atoms with van der Waals surface area (Å²) < 4.78 is 0. The lowest BCUT2D eigenvalue weighted by molar-refractivity contribution is 0.749. The second-order valence-electron chi connectivity index (χ2n) is 4.29. The molecule has 0 N–H and O–H groups in total. The zero-order valence-corrected chi connectivity index (χ0v) is 12.5. The molecular formula is C12H15ClN2S2. The second kappa shape index (κ2) is 5.55. The van der Waals surface area contributed by atoms with Crippen LogP contribution in [0.2, 0.25) is 5.28 Å². The first-order valence-corrected chi connectivity index (χ1v) is 7.87. The third-order valence-corrected chi connectivity index (χ3v) is 5.04. The van der Waals surface area contributed by atoms with Gasteiger partial charge in [-0.05, 0) is 30.0 Å². The summed E-state index contributed by atoms with van der Waals surface area (Å²) in [4.78, 5) is 11.0. The molecule has 0 aromatic carbocycles. The molecule has 0 aliphatic carbocycles. The molecule has 5 heteroatoms. The van der Waals surface area contributed by atoms with Crippen LogP contribution in [0, 0.1) is 5.92 Å². The Hall–Kier alpha value is -0.320. The molecule has 0 bridgehead atoms. The summed E-state index contributed by atoms with van der Waals surface area (Å²) >= 11 is 9.44. The van der Waals surface area contributed by atoms with Crippen molar-refractivity contribution in [1.82, 2.24) is 9.97 Å². The van der Waals surface area contributed by atoms with Crippen molar-refractivity contribution in [3.63, 3.8) is 0 Å². The fraction of sp³-hybridized carbons (Fsp3) is 0.500. The standard InChI is InChI=1S/C12H15ClN2S2/c1-4-8-5-9-10(16-6-7(2)3)14-12(13)15-11(9)17-8/h5,7H,4,6H2,1-3H3. The van der Waals surface area contributed by atoms with E-state index >= 15 is 0 Å². The normalized spacial score (nSPS) is 11.6. The molecule has 17 heavy (non-hydrogen) atoms. The summed E-state index contributed by atoms with van der Waals surface area (Å²) in [7, 11) is 0. The third-order valence-electron chi connectivity index (χ3n) is 2.28. The number of hydrogen-bond acceptors (Lipinski definition) is 4. The zero-order valence-electron chi connectivity index (χ0n) is 10.2. The van der Waals surface area contributed by atoms with E-state index < -0.39 is 0 Å². The van der Waals surface area contributed by atoms with Gasteiger partial charge in [-0.2, -0.15) is 0 Å². The van der Waals surface area contributed by atoms with E-state index in [2.05, 4.69) is 36.8 Å². The molecule has 0 radical (unpaired) electrons. The van der Waals surface area contributed by atoms with Crippen molar-refractivity contribution in [3.05, 3.63) is 16.2 Å². The first kappa shape index (κ1) is 13.1. The van der Waals surface area contributed by atoms with Crippen LogP contribution in [0.1, 0.15) is 25.6 Å². The number of aryl methyl sites for hydroxylation is 1. The SMILES string of the molecule is CCc1cc2c(SCC(C)C)nc(Cl)nc2s1.